The minimum Gasteiger partial charge on any atom is -0.359 e. The Balaban J connectivity index is 1.91. The van der Waals surface area contributed by atoms with Crippen LogP contribution in [0.3, 0.4) is 0 Å². The molecule has 102 valence electrons. The van der Waals surface area contributed by atoms with Gasteiger partial charge in [-0.05, 0) is 35.9 Å². The van der Waals surface area contributed by atoms with Gasteiger partial charge in [0.2, 0.25) is 0 Å². The topological polar surface area (TPSA) is 46.5 Å². The van der Waals surface area contributed by atoms with E-state index in [1.54, 1.807) is 6.20 Å². The second-order valence-corrected chi connectivity index (χ2v) is 4.96. The van der Waals surface area contributed by atoms with Crippen LogP contribution in [-0.4, -0.2) is 19.5 Å². The Kier molecular flexibility index (Phi) is 2.78. The maximum Gasteiger partial charge on any atom is 0.157 e. The van der Waals surface area contributed by atoms with Gasteiger partial charge in [0, 0.05) is 18.6 Å². The van der Waals surface area contributed by atoms with Crippen molar-refractivity contribution in [2.45, 2.75) is 6.54 Å². The molecule has 4 aromatic rings. The molecule has 0 saturated heterocycles. The molecule has 0 unspecified atom stereocenters. The largest absolute Gasteiger partial charge is 0.359 e. The number of nitrogens with zero attached hydrogens (tertiary/aromatic N) is 3. The Morgan fingerprint density at radius 1 is 1.00 bits per heavy atom. The van der Waals surface area contributed by atoms with Gasteiger partial charge in [-0.2, -0.15) is 0 Å². The summed E-state index contributed by atoms with van der Waals surface area (Å²) in [6, 6.07) is 16.3. The van der Waals surface area contributed by atoms with E-state index in [4.69, 9.17) is 4.98 Å². The highest BCUT2D eigenvalue weighted by Crippen LogP contribution is 2.24. The highest BCUT2D eigenvalue weighted by atomic mass is 15.1. The van der Waals surface area contributed by atoms with Crippen molar-refractivity contribution in [2.24, 2.45) is 0 Å². The summed E-state index contributed by atoms with van der Waals surface area (Å²) in [5.74, 6) is 0.949. The summed E-state index contributed by atoms with van der Waals surface area (Å²) in [4.78, 5) is 12.2. The number of fused-ring (bicyclic) bond motifs is 1. The van der Waals surface area contributed by atoms with Crippen LogP contribution in [0.25, 0.3) is 22.6 Å². The molecule has 0 amide bonds. The zero-order chi connectivity index (χ0) is 14.1. The lowest BCUT2D eigenvalue weighted by atomic mass is 10.2. The van der Waals surface area contributed by atoms with Crippen LogP contribution in [0.1, 0.15) is 5.56 Å². The predicted octanol–water partition coefficient (Wildman–Crippen LogP) is 3.47. The standard InChI is InChI=1S/C17H14N4/c1-2-8-16-14(6-1)20-17(15-7-4-10-19-15)21(16)12-13-5-3-9-18-11-13/h1-11,19H,12H2. The molecule has 1 N–H and O–H groups in total. The van der Waals surface area contributed by atoms with Crippen LogP contribution in [0, 0.1) is 0 Å². The van der Waals surface area contributed by atoms with Gasteiger partial charge in [0.05, 0.1) is 23.3 Å². The van der Waals surface area contributed by atoms with Crippen LogP contribution in [0.5, 0.6) is 0 Å². The molecule has 4 nitrogen and oxygen atoms in total. The number of aromatic amines is 1. The third-order valence-corrected chi connectivity index (χ3v) is 3.56. The van der Waals surface area contributed by atoms with E-state index >= 15 is 0 Å². The molecule has 21 heavy (non-hydrogen) atoms. The van der Waals surface area contributed by atoms with Gasteiger partial charge in [0.15, 0.2) is 5.82 Å². The number of hydrogen-bond acceptors (Lipinski definition) is 2. The van der Waals surface area contributed by atoms with Gasteiger partial charge in [0.25, 0.3) is 0 Å². The van der Waals surface area contributed by atoms with Crippen LogP contribution >= 0.6 is 0 Å². The maximum atomic E-state index is 4.76. The van der Waals surface area contributed by atoms with E-state index in [9.17, 15) is 0 Å². The summed E-state index contributed by atoms with van der Waals surface area (Å²) in [5.41, 5.74) is 4.32. The average Bonchev–Trinajstić information content (AvgIpc) is 3.16. The van der Waals surface area contributed by atoms with Gasteiger partial charge < -0.3 is 9.55 Å². The highest BCUT2D eigenvalue weighted by Gasteiger charge is 2.13. The smallest absolute Gasteiger partial charge is 0.157 e. The van der Waals surface area contributed by atoms with Gasteiger partial charge in [-0.25, -0.2) is 4.98 Å². The van der Waals surface area contributed by atoms with Gasteiger partial charge in [0.1, 0.15) is 0 Å². The zero-order valence-corrected chi connectivity index (χ0v) is 11.4. The Morgan fingerprint density at radius 3 is 2.76 bits per heavy atom. The van der Waals surface area contributed by atoms with Crippen molar-refractivity contribution in [2.75, 3.05) is 0 Å². The van der Waals surface area contributed by atoms with Crippen molar-refractivity contribution >= 4 is 11.0 Å². The average molecular weight is 274 g/mol. The first-order valence-corrected chi connectivity index (χ1v) is 6.90. The van der Waals surface area contributed by atoms with Crippen LogP contribution in [0.4, 0.5) is 0 Å². The minimum atomic E-state index is 0.753. The number of benzene rings is 1. The van der Waals surface area contributed by atoms with E-state index in [0.717, 1.165) is 34.7 Å². The number of para-hydroxylation sites is 2. The van der Waals surface area contributed by atoms with Gasteiger partial charge in [-0.15, -0.1) is 0 Å². The van der Waals surface area contributed by atoms with Crippen molar-refractivity contribution in [3.05, 3.63) is 72.7 Å². The predicted molar refractivity (Wildman–Crippen MR) is 82.9 cm³/mol. The maximum absolute atomic E-state index is 4.76. The van der Waals surface area contributed by atoms with E-state index in [2.05, 4.69) is 26.7 Å². The zero-order valence-electron chi connectivity index (χ0n) is 11.4. The molecule has 4 rings (SSSR count). The molecule has 3 aromatic heterocycles. The van der Waals surface area contributed by atoms with E-state index in [1.165, 1.54) is 0 Å². The Hall–Kier alpha value is -2.88. The molecule has 0 saturated carbocycles. The lowest BCUT2D eigenvalue weighted by molar-refractivity contribution is 0.826. The van der Waals surface area contributed by atoms with E-state index in [0.29, 0.717) is 0 Å². The number of hydrogen-bond donors (Lipinski definition) is 1. The third-order valence-electron chi connectivity index (χ3n) is 3.56. The van der Waals surface area contributed by atoms with E-state index in [1.807, 2.05) is 48.8 Å². The first-order valence-electron chi connectivity index (χ1n) is 6.90. The molecular formula is C17H14N4. The Labute approximate surface area is 122 Å². The molecule has 3 heterocycles. The molecule has 1 aromatic carbocycles. The molecule has 0 aliphatic heterocycles. The minimum absolute atomic E-state index is 0.753. The fraction of sp³-hybridized carbons (Fsp3) is 0.0588. The SMILES string of the molecule is c1cncc(Cn2c(-c3ccc[nH]3)nc3ccccc32)c1. The fourth-order valence-electron chi connectivity index (χ4n) is 2.58. The summed E-state index contributed by atoms with van der Waals surface area (Å²) in [6.07, 6.45) is 5.61. The third kappa shape index (κ3) is 2.10. The summed E-state index contributed by atoms with van der Waals surface area (Å²) >= 11 is 0. The lowest BCUT2D eigenvalue weighted by Crippen LogP contribution is -2.02. The van der Waals surface area contributed by atoms with Gasteiger partial charge in [-0.3, -0.25) is 4.98 Å². The first kappa shape index (κ1) is 11.9. The number of nitrogens with one attached hydrogen (secondary N) is 1. The van der Waals surface area contributed by atoms with Crippen LogP contribution in [0.15, 0.2) is 67.1 Å². The second kappa shape index (κ2) is 4.90. The monoisotopic (exact) mass is 274 g/mol. The lowest BCUT2D eigenvalue weighted by Gasteiger charge is -2.08. The van der Waals surface area contributed by atoms with Gasteiger partial charge >= 0.3 is 0 Å². The highest BCUT2D eigenvalue weighted by molar-refractivity contribution is 5.80. The van der Waals surface area contributed by atoms with Crippen LogP contribution in [-0.2, 0) is 6.54 Å². The molecule has 0 spiro atoms. The molecule has 0 fully saturated rings. The van der Waals surface area contributed by atoms with Crippen molar-refractivity contribution < 1.29 is 0 Å². The molecule has 4 heteroatoms. The number of aromatic nitrogens is 4. The normalized spacial score (nSPS) is 11.0. The molecule has 0 aliphatic rings. The summed E-state index contributed by atoms with van der Waals surface area (Å²) in [7, 11) is 0. The summed E-state index contributed by atoms with van der Waals surface area (Å²) < 4.78 is 2.22. The Morgan fingerprint density at radius 2 is 1.95 bits per heavy atom. The molecule has 0 bridgehead atoms. The molecule has 0 atom stereocenters. The summed E-state index contributed by atoms with van der Waals surface area (Å²) in [5, 5.41) is 0. The number of imidazole rings is 1. The molecule has 0 aliphatic carbocycles. The van der Waals surface area contributed by atoms with E-state index in [-0.39, 0.29) is 0 Å². The Bertz CT molecular complexity index is 860. The van der Waals surface area contributed by atoms with Crippen molar-refractivity contribution in [3.63, 3.8) is 0 Å². The number of pyridine rings is 1. The van der Waals surface area contributed by atoms with Crippen molar-refractivity contribution in [1.82, 2.24) is 19.5 Å². The second-order valence-electron chi connectivity index (χ2n) is 4.96. The quantitative estimate of drug-likeness (QED) is 0.621. The number of H-pyrrole nitrogens is 1. The van der Waals surface area contributed by atoms with Gasteiger partial charge in [-0.1, -0.05) is 18.2 Å². The van der Waals surface area contributed by atoms with Crippen LogP contribution in [0.2, 0.25) is 0 Å². The molecular weight excluding hydrogens is 260 g/mol. The molecule has 0 radical (unpaired) electrons. The van der Waals surface area contributed by atoms with Crippen molar-refractivity contribution in [1.29, 1.82) is 0 Å². The first-order chi connectivity index (χ1) is 10.4. The fourth-order valence-corrected chi connectivity index (χ4v) is 2.58. The van der Waals surface area contributed by atoms with Crippen molar-refractivity contribution in [3.8, 4) is 11.5 Å². The van der Waals surface area contributed by atoms with E-state index < -0.39 is 0 Å². The van der Waals surface area contributed by atoms with Crippen LogP contribution < -0.4 is 0 Å². The summed E-state index contributed by atoms with van der Waals surface area (Å²) in [6.45, 7) is 0.753. The number of rotatable bonds is 3.